The van der Waals surface area contributed by atoms with E-state index in [0.717, 1.165) is 5.56 Å². The molecule has 1 aliphatic heterocycles. The molecular weight excluding hydrogens is 406 g/mol. The molecule has 1 heterocycles. The summed E-state index contributed by atoms with van der Waals surface area (Å²) >= 11 is 6.19. The number of methoxy groups -OCH3 is 1. The van der Waals surface area contributed by atoms with Gasteiger partial charge >= 0.3 is 6.09 Å². The number of carbonyl (C=O) groups is 2. The molecule has 2 aromatic carbocycles. The minimum Gasteiger partial charge on any atom is -0.495 e. The van der Waals surface area contributed by atoms with E-state index < -0.39 is 6.04 Å². The van der Waals surface area contributed by atoms with Crippen LogP contribution in [0.15, 0.2) is 48.5 Å². The molecule has 2 amide bonds. The van der Waals surface area contributed by atoms with Crippen LogP contribution >= 0.6 is 11.6 Å². The predicted octanol–water partition coefficient (Wildman–Crippen LogP) is 3.80. The van der Waals surface area contributed by atoms with Crippen LogP contribution in [-0.4, -0.2) is 61.7 Å². The molecule has 0 saturated carbocycles. The van der Waals surface area contributed by atoms with E-state index in [1.54, 1.807) is 37.1 Å². The van der Waals surface area contributed by atoms with Gasteiger partial charge in [-0.2, -0.15) is 0 Å². The third-order valence-electron chi connectivity index (χ3n) is 4.99. The predicted molar refractivity (Wildman–Crippen MR) is 116 cm³/mol. The first-order valence-corrected chi connectivity index (χ1v) is 10.3. The lowest BCUT2D eigenvalue weighted by Crippen LogP contribution is -2.51. The number of carbonyl (C=O) groups excluding carboxylic acids is 2. The molecule has 1 unspecified atom stereocenters. The highest BCUT2D eigenvalue weighted by Crippen LogP contribution is 2.29. The summed E-state index contributed by atoms with van der Waals surface area (Å²) in [6.45, 7) is 4.27. The number of nitrogens with zero attached hydrogens (tertiary/aromatic N) is 2. The molecule has 1 fully saturated rings. The summed E-state index contributed by atoms with van der Waals surface area (Å²) in [7, 11) is 1.54. The molecule has 0 spiro atoms. The highest BCUT2D eigenvalue weighted by Gasteiger charge is 2.32. The number of hydrogen-bond donors (Lipinski definition) is 1. The SMILES string of the molecule is CCOC(=O)N1CCN(C(C(=O)Nc2ccc(OC)c(Cl)c2)c2ccccc2)CC1. The van der Waals surface area contributed by atoms with Gasteiger partial charge in [-0.1, -0.05) is 41.9 Å². The molecule has 1 atom stereocenters. The summed E-state index contributed by atoms with van der Waals surface area (Å²) in [6, 6.07) is 14.3. The van der Waals surface area contributed by atoms with Gasteiger partial charge in [0.1, 0.15) is 11.8 Å². The van der Waals surface area contributed by atoms with Gasteiger partial charge in [-0.3, -0.25) is 9.69 Å². The van der Waals surface area contributed by atoms with Gasteiger partial charge in [-0.25, -0.2) is 4.79 Å². The Morgan fingerprint density at radius 1 is 1.10 bits per heavy atom. The fourth-order valence-corrected chi connectivity index (χ4v) is 3.75. The molecule has 1 aliphatic rings. The average Bonchev–Trinajstić information content (AvgIpc) is 2.75. The second-order valence-electron chi connectivity index (χ2n) is 6.87. The van der Waals surface area contributed by atoms with E-state index in [9.17, 15) is 9.59 Å². The second kappa shape index (κ2) is 10.3. The summed E-state index contributed by atoms with van der Waals surface area (Å²) in [6.07, 6.45) is -0.314. The zero-order chi connectivity index (χ0) is 21.5. The average molecular weight is 432 g/mol. The molecule has 3 rings (SSSR count). The van der Waals surface area contributed by atoms with Crippen molar-refractivity contribution in [3.8, 4) is 5.75 Å². The van der Waals surface area contributed by atoms with Crippen LogP contribution in [0, 0.1) is 0 Å². The standard InChI is InChI=1S/C22H26ClN3O4/c1-3-30-22(28)26-13-11-25(12-14-26)20(16-7-5-4-6-8-16)21(27)24-17-9-10-19(29-2)18(23)15-17/h4-10,15,20H,3,11-14H2,1-2H3,(H,24,27). The quantitative estimate of drug-likeness (QED) is 0.753. The summed E-state index contributed by atoms with van der Waals surface area (Å²) in [5.74, 6) is 0.386. The lowest BCUT2D eigenvalue weighted by atomic mass is 10.0. The van der Waals surface area contributed by atoms with Crippen LogP contribution in [0.4, 0.5) is 10.5 Å². The minimum atomic E-state index is -0.489. The van der Waals surface area contributed by atoms with Gasteiger partial charge in [0.05, 0.1) is 18.7 Å². The summed E-state index contributed by atoms with van der Waals surface area (Å²) in [5, 5.41) is 3.38. The first kappa shape index (κ1) is 21.9. The van der Waals surface area contributed by atoms with Gasteiger partial charge in [-0.15, -0.1) is 0 Å². The second-order valence-corrected chi connectivity index (χ2v) is 7.28. The van der Waals surface area contributed by atoms with Crippen LogP contribution in [0.1, 0.15) is 18.5 Å². The van der Waals surface area contributed by atoms with Crippen molar-refractivity contribution in [2.75, 3.05) is 45.2 Å². The normalized spacial score (nSPS) is 15.4. The van der Waals surface area contributed by atoms with Gasteiger partial charge in [-0.05, 0) is 30.7 Å². The van der Waals surface area contributed by atoms with Gasteiger partial charge in [0, 0.05) is 31.9 Å². The number of rotatable bonds is 6. The molecule has 7 nitrogen and oxygen atoms in total. The highest BCUT2D eigenvalue weighted by molar-refractivity contribution is 6.32. The summed E-state index contributed by atoms with van der Waals surface area (Å²) < 4.78 is 10.3. The number of ether oxygens (including phenoxy) is 2. The van der Waals surface area contributed by atoms with Crippen LogP contribution in [-0.2, 0) is 9.53 Å². The van der Waals surface area contributed by atoms with E-state index in [4.69, 9.17) is 21.1 Å². The van der Waals surface area contributed by atoms with E-state index in [-0.39, 0.29) is 12.0 Å². The number of anilines is 1. The van der Waals surface area contributed by atoms with E-state index >= 15 is 0 Å². The Kier molecular flexibility index (Phi) is 7.54. The lowest BCUT2D eigenvalue weighted by molar-refractivity contribution is -0.122. The number of nitrogens with one attached hydrogen (secondary N) is 1. The Morgan fingerprint density at radius 3 is 2.40 bits per heavy atom. The van der Waals surface area contributed by atoms with E-state index in [0.29, 0.717) is 49.2 Å². The number of piperazine rings is 1. The van der Waals surface area contributed by atoms with Crippen molar-refractivity contribution in [1.29, 1.82) is 0 Å². The van der Waals surface area contributed by atoms with Crippen molar-refractivity contribution in [2.24, 2.45) is 0 Å². The zero-order valence-corrected chi connectivity index (χ0v) is 17.9. The van der Waals surface area contributed by atoms with Crippen LogP contribution in [0.3, 0.4) is 0 Å². The largest absolute Gasteiger partial charge is 0.495 e. The molecular formula is C22H26ClN3O4. The number of halogens is 1. The third kappa shape index (κ3) is 5.23. The van der Waals surface area contributed by atoms with Crippen molar-refractivity contribution in [3.05, 3.63) is 59.1 Å². The molecule has 0 aromatic heterocycles. The third-order valence-corrected chi connectivity index (χ3v) is 5.28. The van der Waals surface area contributed by atoms with Gasteiger partial charge in [0.2, 0.25) is 5.91 Å². The molecule has 8 heteroatoms. The number of benzene rings is 2. The van der Waals surface area contributed by atoms with Crippen molar-refractivity contribution in [3.63, 3.8) is 0 Å². The van der Waals surface area contributed by atoms with Gasteiger partial charge in [0.25, 0.3) is 0 Å². The van der Waals surface area contributed by atoms with Crippen molar-refractivity contribution in [1.82, 2.24) is 9.80 Å². The van der Waals surface area contributed by atoms with E-state index in [1.807, 2.05) is 30.3 Å². The molecule has 0 aliphatic carbocycles. The topological polar surface area (TPSA) is 71.1 Å². The van der Waals surface area contributed by atoms with Crippen molar-refractivity contribution in [2.45, 2.75) is 13.0 Å². The van der Waals surface area contributed by atoms with E-state index in [2.05, 4.69) is 10.2 Å². The van der Waals surface area contributed by atoms with Gasteiger partial charge < -0.3 is 19.7 Å². The molecule has 0 radical (unpaired) electrons. The van der Waals surface area contributed by atoms with Crippen molar-refractivity contribution < 1.29 is 19.1 Å². The van der Waals surface area contributed by atoms with Crippen molar-refractivity contribution >= 4 is 29.3 Å². The molecule has 160 valence electrons. The minimum absolute atomic E-state index is 0.160. The Hall–Kier alpha value is -2.77. The monoisotopic (exact) mass is 431 g/mol. The fraction of sp³-hybridized carbons (Fsp3) is 0.364. The maximum absolute atomic E-state index is 13.3. The number of amides is 2. The Bertz CT molecular complexity index is 870. The molecule has 30 heavy (non-hydrogen) atoms. The lowest BCUT2D eigenvalue weighted by Gasteiger charge is -2.38. The highest BCUT2D eigenvalue weighted by atomic mass is 35.5. The molecule has 2 aromatic rings. The van der Waals surface area contributed by atoms with Gasteiger partial charge in [0.15, 0.2) is 0 Å². The smallest absolute Gasteiger partial charge is 0.409 e. The molecule has 1 N–H and O–H groups in total. The Morgan fingerprint density at radius 2 is 1.80 bits per heavy atom. The summed E-state index contributed by atoms with van der Waals surface area (Å²) in [5.41, 5.74) is 1.48. The first-order valence-electron chi connectivity index (χ1n) is 9.88. The van der Waals surface area contributed by atoms with Crippen LogP contribution < -0.4 is 10.1 Å². The van der Waals surface area contributed by atoms with Crippen LogP contribution in [0.2, 0.25) is 5.02 Å². The van der Waals surface area contributed by atoms with Crippen LogP contribution in [0.5, 0.6) is 5.75 Å². The fourth-order valence-electron chi connectivity index (χ4n) is 3.50. The Labute approximate surface area is 181 Å². The maximum Gasteiger partial charge on any atom is 0.409 e. The Balaban J connectivity index is 1.76. The molecule has 1 saturated heterocycles. The van der Waals surface area contributed by atoms with E-state index in [1.165, 1.54) is 0 Å². The number of hydrogen-bond acceptors (Lipinski definition) is 5. The maximum atomic E-state index is 13.3. The van der Waals surface area contributed by atoms with Crippen LogP contribution in [0.25, 0.3) is 0 Å². The first-order chi connectivity index (χ1) is 14.5. The zero-order valence-electron chi connectivity index (χ0n) is 17.1. The molecule has 0 bridgehead atoms. The summed E-state index contributed by atoms with van der Waals surface area (Å²) in [4.78, 5) is 29.0.